The average molecular weight is 378 g/mol. The molecule has 4 heterocycles. The molecule has 27 heavy (non-hydrogen) atoms. The zero-order valence-corrected chi connectivity index (χ0v) is 16.5. The first-order valence-electron chi connectivity index (χ1n) is 9.42. The maximum absolute atomic E-state index is 4.91. The molecule has 0 bridgehead atoms. The molecular weight excluding hydrogens is 354 g/mol. The molecular formula is C21H23N5S. The van der Waals surface area contributed by atoms with Gasteiger partial charge in [0.25, 0.3) is 0 Å². The fourth-order valence-electron chi connectivity index (χ4n) is 3.76. The molecule has 138 valence electrons. The lowest BCUT2D eigenvalue weighted by Gasteiger charge is -2.37. The van der Waals surface area contributed by atoms with Gasteiger partial charge in [0, 0.05) is 44.5 Å². The molecule has 1 fully saturated rings. The van der Waals surface area contributed by atoms with E-state index in [9.17, 15) is 0 Å². The number of hydrogen-bond donors (Lipinski definition) is 0. The Bertz CT molecular complexity index is 1000. The lowest BCUT2D eigenvalue weighted by Crippen LogP contribution is -2.44. The van der Waals surface area contributed by atoms with Crippen molar-refractivity contribution in [3.05, 3.63) is 58.9 Å². The summed E-state index contributed by atoms with van der Waals surface area (Å²) in [5.74, 6) is 1.02. The van der Waals surface area contributed by atoms with Crippen molar-refractivity contribution >= 4 is 33.1 Å². The van der Waals surface area contributed by atoms with Crippen molar-refractivity contribution in [2.24, 2.45) is 4.99 Å². The second kappa shape index (κ2) is 6.62. The van der Waals surface area contributed by atoms with Crippen LogP contribution in [0.5, 0.6) is 0 Å². The summed E-state index contributed by atoms with van der Waals surface area (Å²) in [6.45, 7) is 7.32. The van der Waals surface area contributed by atoms with Crippen LogP contribution in [0.4, 0.5) is 0 Å². The van der Waals surface area contributed by atoms with Gasteiger partial charge in [0.2, 0.25) is 0 Å². The molecule has 0 unspecified atom stereocenters. The van der Waals surface area contributed by atoms with Gasteiger partial charge in [-0.1, -0.05) is 6.07 Å². The number of aromatic nitrogens is 1. The molecule has 5 rings (SSSR count). The maximum atomic E-state index is 4.91. The fraction of sp³-hybridized carbons (Fsp3) is 0.333. The minimum Gasteiger partial charge on any atom is -0.368 e. The first-order valence-corrected chi connectivity index (χ1v) is 10.2. The maximum Gasteiger partial charge on any atom is 0.133 e. The van der Waals surface area contributed by atoms with Gasteiger partial charge >= 0.3 is 0 Å². The first kappa shape index (κ1) is 16.7. The van der Waals surface area contributed by atoms with Crippen LogP contribution in [0.15, 0.2) is 53.3 Å². The van der Waals surface area contributed by atoms with Gasteiger partial charge in [0.05, 0.1) is 26.6 Å². The summed E-state index contributed by atoms with van der Waals surface area (Å²) in [6, 6.07) is 6.44. The highest BCUT2D eigenvalue weighted by Gasteiger charge is 2.21. The van der Waals surface area contributed by atoms with E-state index in [1.54, 1.807) is 11.3 Å². The van der Waals surface area contributed by atoms with Crippen LogP contribution in [0.3, 0.4) is 0 Å². The van der Waals surface area contributed by atoms with Crippen LogP contribution in [0.25, 0.3) is 15.9 Å². The number of allylic oxidation sites excluding steroid dienone is 1. The lowest BCUT2D eigenvalue weighted by molar-refractivity contribution is 0.188. The number of aryl methyl sites for hydroxylation is 1. The normalized spacial score (nSPS) is 20.4. The second-order valence-electron chi connectivity index (χ2n) is 7.30. The van der Waals surface area contributed by atoms with Gasteiger partial charge in [0.1, 0.15) is 5.84 Å². The summed E-state index contributed by atoms with van der Waals surface area (Å²) in [5.41, 5.74) is 4.58. The third-order valence-corrected chi connectivity index (χ3v) is 6.30. The van der Waals surface area contributed by atoms with Crippen LogP contribution in [-0.2, 0) is 0 Å². The van der Waals surface area contributed by atoms with Gasteiger partial charge in [0.15, 0.2) is 0 Å². The van der Waals surface area contributed by atoms with Crippen molar-refractivity contribution in [2.45, 2.75) is 6.92 Å². The van der Waals surface area contributed by atoms with Gasteiger partial charge in [-0.2, -0.15) is 0 Å². The molecule has 1 saturated heterocycles. The number of piperazine rings is 1. The highest BCUT2D eigenvalue weighted by Crippen LogP contribution is 2.29. The van der Waals surface area contributed by atoms with E-state index in [4.69, 9.17) is 4.99 Å². The third-order valence-electron chi connectivity index (χ3n) is 5.36. The second-order valence-corrected chi connectivity index (χ2v) is 8.54. The number of hydrogen-bond acceptors (Lipinski definition) is 6. The average Bonchev–Trinajstić information content (AvgIpc) is 3.07. The van der Waals surface area contributed by atoms with Crippen LogP contribution >= 0.6 is 11.3 Å². The monoisotopic (exact) mass is 377 g/mol. The molecule has 2 aromatic rings. The minimum atomic E-state index is 0.857. The number of amidine groups is 1. The number of thiazole rings is 1. The Morgan fingerprint density at radius 2 is 1.93 bits per heavy atom. The summed E-state index contributed by atoms with van der Waals surface area (Å²) in [6.07, 6.45) is 8.82. The van der Waals surface area contributed by atoms with E-state index in [0.29, 0.717) is 0 Å². The zero-order valence-electron chi connectivity index (χ0n) is 15.7. The van der Waals surface area contributed by atoms with Crippen molar-refractivity contribution < 1.29 is 0 Å². The topological polar surface area (TPSA) is 35.0 Å². The van der Waals surface area contributed by atoms with Crippen molar-refractivity contribution in [3.63, 3.8) is 0 Å². The van der Waals surface area contributed by atoms with Gasteiger partial charge in [-0.3, -0.25) is 0 Å². The molecule has 3 aliphatic rings. The van der Waals surface area contributed by atoms with Crippen LogP contribution in [0.2, 0.25) is 0 Å². The van der Waals surface area contributed by atoms with Gasteiger partial charge in [-0.15, -0.1) is 11.3 Å². The van der Waals surface area contributed by atoms with E-state index in [-0.39, 0.29) is 0 Å². The van der Waals surface area contributed by atoms with Crippen molar-refractivity contribution in [1.29, 1.82) is 0 Å². The summed E-state index contributed by atoms with van der Waals surface area (Å²) in [7, 11) is 2.19. The van der Waals surface area contributed by atoms with Crippen LogP contribution < -0.4 is 0 Å². The molecule has 0 atom stereocenters. The lowest BCUT2D eigenvalue weighted by atomic mass is 10.1. The number of likely N-dealkylation sites (N-methyl/N-ethyl adjacent to an activating group) is 1. The molecule has 1 aromatic heterocycles. The Morgan fingerprint density at radius 3 is 2.78 bits per heavy atom. The van der Waals surface area contributed by atoms with E-state index in [1.165, 1.54) is 16.0 Å². The van der Waals surface area contributed by atoms with E-state index >= 15 is 0 Å². The molecule has 3 aliphatic heterocycles. The van der Waals surface area contributed by atoms with Gasteiger partial charge in [-0.25, -0.2) is 9.98 Å². The smallest absolute Gasteiger partial charge is 0.133 e. The standard InChI is InChI=1S/C21H23N5S/c1-15-22-19-5-3-16(13-20(19)27-15)18-7-8-26-14-17(4-6-21(26)23-18)25-11-9-24(2)10-12-25/h3-7,13-14H,8-12H2,1-2H3. The molecule has 0 N–H and O–H groups in total. The van der Waals surface area contributed by atoms with Crippen molar-refractivity contribution in [1.82, 2.24) is 19.7 Å². The Balaban J connectivity index is 1.37. The Kier molecular flexibility index (Phi) is 4.10. The van der Waals surface area contributed by atoms with E-state index in [2.05, 4.69) is 76.3 Å². The Morgan fingerprint density at radius 1 is 1.07 bits per heavy atom. The summed E-state index contributed by atoms with van der Waals surface area (Å²) < 4.78 is 1.23. The predicted octanol–water partition coefficient (Wildman–Crippen LogP) is 3.32. The van der Waals surface area contributed by atoms with Crippen LogP contribution in [-0.4, -0.2) is 65.3 Å². The molecule has 0 amide bonds. The van der Waals surface area contributed by atoms with Crippen LogP contribution in [0.1, 0.15) is 10.6 Å². The van der Waals surface area contributed by atoms with E-state index in [1.807, 2.05) is 0 Å². The Labute approximate surface area is 163 Å². The highest BCUT2D eigenvalue weighted by atomic mass is 32.1. The number of benzene rings is 1. The number of rotatable bonds is 2. The van der Waals surface area contributed by atoms with Crippen LogP contribution in [0, 0.1) is 6.92 Å². The largest absolute Gasteiger partial charge is 0.368 e. The van der Waals surface area contributed by atoms with Gasteiger partial charge in [-0.05, 0) is 44.3 Å². The van der Waals surface area contributed by atoms with Gasteiger partial charge < -0.3 is 14.7 Å². The van der Waals surface area contributed by atoms with Crippen molar-refractivity contribution in [2.75, 3.05) is 39.8 Å². The van der Waals surface area contributed by atoms with E-state index < -0.39 is 0 Å². The number of fused-ring (bicyclic) bond motifs is 2. The molecule has 0 saturated carbocycles. The molecule has 0 radical (unpaired) electrons. The summed E-state index contributed by atoms with van der Waals surface area (Å²) in [4.78, 5) is 16.6. The molecule has 0 aliphatic carbocycles. The first-order chi connectivity index (χ1) is 13.2. The number of nitrogens with zero attached hydrogens (tertiary/aromatic N) is 5. The minimum absolute atomic E-state index is 0.857. The quantitative estimate of drug-likeness (QED) is 0.804. The summed E-state index contributed by atoms with van der Waals surface area (Å²) in [5, 5.41) is 1.11. The highest BCUT2D eigenvalue weighted by molar-refractivity contribution is 7.18. The molecule has 1 aromatic carbocycles. The Hall–Kier alpha value is -2.44. The zero-order chi connectivity index (χ0) is 18.4. The molecule has 6 heteroatoms. The molecule has 5 nitrogen and oxygen atoms in total. The van der Waals surface area contributed by atoms with Crippen molar-refractivity contribution in [3.8, 4) is 0 Å². The fourth-order valence-corrected chi connectivity index (χ4v) is 4.63. The predicted molar refractivity (Wildman–Crippen MR) is 113 cm³/mol. The van der Waals surface area contributed by atoms with E-state index in [0.717, 1.165) is 54.8 Å². The SMILES string of the molecule is Cc1nc2ccc(C3=CCN4C=C(N5CCN(C)CC5)C=CC4=N3)cc2s1. The molecule has 0 spiro atoms. The summed E-state index contributed by atoms with van der Waals surface area (Å²) >= 11 is 1.74. The number of aliphatic imine (C=N–C) groups is 1. The third kappa shape index (κ3) is 3.19.